The lowest BCUT2D eigenvalue weighted by atomic mass is 10.0. The van der Waals surface area contributed by atoms with E-state index in [2.05, 4.69) is 93.7 Å². The van der Waals surface area contributed by atoms with E-state index in [9.17, 15) is 14.4 Å². The molecule has 0 heterocycles. The van der Waals surface area contributed by atoms with E-state index < -0.39 is 6.10 Å². The summed E-state index contributed by atoms with van der Waals surface area (Å²) in [5.41, 5.74) is 0. The highest BCUT2D eigenvalue weighted by Gasteiger charge is 2.19. The van der Waals surface area contributed by atoms with Crippen LogP contribution in [0.4, 0.5) is 0 Å². The Balaban J connectivity index is 4.32. The first-order valence-electron chi connectivity index (χ1n) is 26.9. The molecule has 1 unspecified atom stereocenters. The number of carbonyl (C=O) groups is 3. The second kappa shape index (κ2) is 52.5. The fourth-order valence-corrected chi connectivity index (χ4v) is 7.47. The first kappa shape index (κ1) is 60.9. The van der Waals surface area contributed by atoms with Crippen molar-refractivity contribution in [2.75, 3.05) is 13.2 Å². The van der Waals surface area contributed by atoms with Gasteiger partial charge in [0.05, 0.1) is 0 Å². The number of ether oxygens (including phenoxy) is 3. The van der Waals surface area contributed by atoms with Crippen LogP contribution in [0.3, 0.4) is 0 Å². The molecule has 0 amide bonds. The molecule has 368 valence electrons. The first-order valence-corrected chi connectivity index (χ1v) is 26.9. The summed E-state index contributed by atoms with van der Waals surface area (Å²) in [5.74, 6) is -0.936. The molecule has 6 nitrogen and oxygen atoms in total. The van der Waals surface area contributed by atoms with Gasteiger partial charge in [-0.05, 0) is 83.5 Å². The van der Waals surface area contributed by atoms with Crippen molar-refractivity contribution in [3.05, 3.63) is 72.9 Å². The molecule has 6 heteroatoms. The van der Waals surface area contributed by atoms with Crippen LogP contribution in [0.5, 0.6) is 0 Å². The van der Waals surface area contributed by atoms with E-state index >= 15 is 0 Å². The van der Waals surface area contributed by atoms with Crippen molar-refractivity contribution < 1.29 is 28.6 Å². The largest absolute Gasteiger partial charge is 0.462 e. The van der Waals surface area contributed by atoms with Crippen molar-refractivity contribution in [1.29, 1.82) is 0 Å². The van der Waals surface area contributed by atoms with Gasteiger partial charge in [-0.15, -0.1) is 0 Å². The zero-order chi connectivity index (χ0) is 46.5. The van der Waals surface area contributed by atoms with Crippen molar-refractivity contribution >= 4 is 17.9 Å². The summed E-state index contributed by atoms with van der Waals surface area (Å²) in [5, 5.41) is 0. The summed E-state index contributed by atoms with van der Waals surface area (Å²) in [7, 11) is 0. The van der Waals surface area contributed by atoms with Gasteiger partial charge >= 0.3 is 17.9 Å². The zero-order valence-corrected chi connectivity index (χ0v) is 42.0. The minimum absolute atomic E-state index is 0.0917. The van der Waals surface area contributed by atoms with Gasteiger partial charge in [0, 0.05) is 19.3 Å². The maximum Gasteiger partial charge on any atom is 0.306 e. The second-order valence-corrected chi connectivity index (χ2v) is 17.7. The molecule has 0 aromatic rings. The third kappa shape index (κ3) is 49.9. The Hall–Kier alpha value is -3.15. The summed E-state index contributed by atoms with van der Waals surface area (Å²) >= 11 is 0. The van der Waals surface area contributed by atoms with E-state index in [-0.39, 0.29) is 31.1 Å². The fourth-order valence-electron chi connectivity index (χ4n) is 7.47. The van der Waals surface area contributed by atoms with Crippen LogP contribution in [-0.4, -0.2) is 37.2 Å². The van der Waals surface area contributed by atoms with Crippen LogP contribution in [-0.2, 0) is 28.6 Å². The molecule has 0 saturated carbocycles. The highest BCUT2D eigenvalue weighted by atomic mass is 16.6. The van der Waals surface area contributed by atoms with E-state index in [0.29, 0.717) is 19.3 Å². The van der Waals surface area contributed by atoms with E-state index in [0.717, 1.165) is 103 Å². The smallest absolute Gasteiger partial charge is 0.306 e. The molecule has 0 fully saturated rings. The molecule has 0 aromatic carbocycles. The molecular weight excluding hydrogens is 793 g/mol. The van der Waals surface area contributed by atoms with E-state index in [1.165, 1.54) is 116 Å². The van der Waals surface area contributed by atoms with E-state index in [4.69, 9.17) is 14.2 Å². The standard InChI is InChI=1S/C58H100O6/c1-4-7-10-13-16-19-21-23-25-27-29-31-32-34-36-39-42-45-48-51-57(60)63-54-55(53-62-56(59)50-47-44-41-38-18-15-12-9-6-3)64-58(61)52-49-46-43-40-37-35-33-30-28-26-24-22-20-17-14-11-8-5-2/h7,9-10,12,16,18-19,23,25,29,31,38,55H,4-6,8,11,13-15,17,20-22,24,26-28,30,32-37,39-54H2,1-3H3/b10-7-,12-9-,19-16-,25-23-,31-29-,38-18-. The van der Waals surface area contributed by atoms with Crippen LogP contribution in [0.25, 0.3) is 0 Å². The van der Waals surface area contributed by atoms with Gasteiger partial charge in [0.1, 0.15) is 13.2 Å². The van der Waals surface area contributed by atoms with Gasteiger partial charge in [-0.1, -0.05) is 229 Å². The third-order valence-electron chi connectivity index (χ3n) is 11.5. The Morgan fingerprint density at radius 1 is 0.328 bits per heavy atom. The Labute approximate surface area is 395 Å². The Morgan fingerprint density at radius 3 is 0.984 bits per heavy atom. The summed E-state index contributed by atoms with van der Waals surface area (Å²) in [6, 6.07) is 0. The molecule has 0 bridgehead atoms. The number of carbonyl (C=O) groups excluding carboxylic acids is 3. The van der Waals surface area contributed by atoms with Crippen LogP contribution < -0.4 is 0 Å². The molecule has 0 aliphatic heterocycles. The van der Waals surface area contributed by atoms with Gasteiger partial charge in [-0.25, -0.2) is 0 Å². The maximum absolute atomic E-state index is 12.8. The van der Waals surface area contributed by atoms with Gasteiger partial charge in [0.25, 0.3) is 0 Å². The van der Waals surface area contributed by atoms with Crippen molar-refractivity contribution in [3.63, 3.8) is 0 Å². The summed E-state index contributed by atoms with van der Waals surface area (Å²) in [6.07, 6.45) is 66.2. The fraction of sp³-hybridized carbons (Fsp3) is 0.741. The third-order valence-corrected chi connectivity index (χ3v) is 11.5. The van der Waals surface area contributed by atoms with Crippen molar-refractivity contribution in [2.24, 2.45) is 0 Å². The predicted octanol–water partition coefficient (Wildman–Crippen LogP) is 17.8. The van der Waals surface area contributed by atoms with Gasteiger partial charge in [0.15, 0.2) is 6.10 Å². The van der Waals surface area contributed by atoms with Crippen LogP contribution >= 0.6 is 0 Å². The molecule has 1 atom stereocenters. The predicted molar refractivity (Wildman–Crippen MR) is 274 cm³/mol. The highest BCUT2D eigenvalue weighted by Crippen LogP contribution is 2.16. The van der Waals surface area contributed by atoms with Crippen LogP contribution in [0.15, 0.2) is 72.9 Å². The minimum Gasteiger partial charge on any atom is -0.462 e. The number of rotatable bonds is 48. The number of esters is 3. The number of allylic oxidation sites excluding steroid dienone is 12. The average Bonchev–Trinajstić information content (AvgIpc) is 3.29. The average molecular weight is 893 g/mol. The van der Waals surface area contributed by atoms with Gasteiger partial charge in [-0.2, -0.15) is 0 Å². The Bertz CT molecular complexity index is 1210. The zero-order valence-electron chi connectivity index (χ0n) is 42.0. The topological polar surface area (TPSA) is 78.9 Å². The second-order valence-electron chi connectivity index (χ2n) is 17.7. The minimum atomic E-state index is -0.791. The summed E-state index contributed by atoms with van der Waals surface area (Å²) < 4.78 is 16.8. The highest BCUT2D eigenvalue weighted by molar-refractivity contribution is 5.71. The van der Waals surface area contributed by atoms with E-state index in [1.54, 1.807) is 0 Å². The molecule has 0 radical (unpaired) electrons. The van der Waals surface area contributed by atoms with Gasteiger partial charge in [-0.3, -0.25) is 14.4 Å². The van der Waals surface area contributed by atoms with Crippen LogP contribution in [0.1, 0.15) is 258 Å². The van der Waals surface area contributed by atoms with Crippen LogP contribution in [0.2, 0.25) is 0 Å². The van der Waals surface area contributed by atoms with Gasteiger partial charge in [0.2, 0.25) is 0 Å². The molecule has 0 aliphatic rings. The lowest BCUT2D eigenvalue weighted by Crippen LogP contribution is -2.30. The normalized spacial score (nSPS) is 12.6. The monoisotopic (exact) mass is 893 g/mol. The summed E-state index contributed by atoms with van der Waals surface area (Å²) in [4.78, 5) is 37.9. The summed E-state index contributed by atoms with van der Waals surface area (Å²) in [6.45, 7) is 6.37. The molecule has 0 N–H and O–H groups in total. The molecule has 0 aromatic heterocycles. The molecule has 64 heavy (non-hydrogen) atoms. The van der Waals surface area contributed by atoms with Crippen molar-refractivity contribution in [2.45, 2.75) is 264 Å². The molecule has 0 rings (SSSR count). The number of hydrogen-bond donors (Lipinski definition) is 0. The quantitative estimate of drug-likeness (QED) is 0.0262. The molecule has 0 aliphatic carbocycles. The van der Waals surface area contributed by atoms with Gasteiger partial charge < -0.3 is 14.2 Å². The number of hydrogen-bond acceptors (Lipinski definition) is 6. The maximum atomic E-state index is 12.8. The number of unbranched alkanes of at least 4 members (excludes halogenated alkanes) is 25. The lowest BCUT2D eigenvalue weighted by molar-refractivity contribution is -0.167. The SMILES string of the molecule is CC/C=C\C/C=C\C/C=C\C/C=C\CCCCCCCCC(=O)OCC(COC(=O)CCCC/C=C\C/C=C\CC)OC(=O)CCCCCCCCCCCCCCCCCCCC. The van der Waals surface area contributed by atoms with Crippen molar-refractivity contribution in [3.8, 4) is 0 Å². The van der Waals surface area contributed by atoms with Crippen molar-refractivity contribution in [1.82, 2.24) is 0 Å². The molecule has 0 spiro atoms. The Morgan fingerprint density at radius 2 is 0.609 bits per heavy atom. The van der Waals surface area contributed by atoms with E-state index in [1.807, 2.05) is 0 Å². The lowest BCUT2D eigenvalue weighted by Gasteiger charge is -2.18. The molecular formula is C58H100O6. The van der Waals surface area contributed by atoms with Crippen LogP contribution in [0, 0.1) is 0 Å². The molecule has 0 saturated heterocycles. The first-order chi connectivity index (χ1) is 31.5. The Kier molecular flexibility index (Phi) is 49.9.